The summed E-state index contributed by atoms with van der Waals surface area (Å²) >= 11 is 0. The fourth-order valence-corrected chi connectivity index (χ4v) is 4.35. The Bertz CT molecular complexity index is 940. The van der Waals surface area contributed by atoms with Crippen molar-refractivity contribution in [2.45, 2.75) is 31.8 Å². The summed E-state index contributed by atoms with van der Waals surface area (Å²) in [6.07, 6.45) is 4.33. The molecule has 2 aromatic carbocycles. The number of benzene rings is 2. The van der Waals surface area contributed by atoms with Crippen LogP contribution in [0.3, 0.4) is 0 Å². The SMILES string of the molecule is C[C@@H](NC(=O)CN1CCC[C@H]1c1cccn1C)c1cccc2ccccc12. The Hall–Kier alpha value is -2.59. The molecule has 0 saturated carbocycles. The van der Waals surface area contributed by atoms with Crippen LogP contribution in [0.5, 0.6) is 0 Å². The van der Waals surface area contributed by atoms with Gasteiger partial charge in [-0.2, -0.15) is 0 Å². The van der Waals surface area contributed by atoms with Gasteiger partial charge in [-0.25, -0.2) is 0 Å². The summed E-state index contributed by atoms with van der Waals surface area (Å²) in [7, 11) is 2.08. The predicted octanol–water partition coefficient (Wildman–Crippen LogP) is 4.19. The molecule has 1 fully saturated rings. The van der Waals surface area contributed by atoms with E-state index in [0.29, 0.717) is 12.6 Å². The van der Waals surface area contributed by atoms with E-state index in [1.54, 1.807) is 0 Å². The second-order valence-electron chi connectivity index (χ2n) is 7.53. The third kappa shape index (κ3) is 3.62. The van der Waals surface area contributed by atoms with Gasteiger partial charge in [-0.3, -0.25) is 9.69 Å². The molecule has 0 spiro atoms. The highest BCUT2D eigenvalue weighted by molar-refractivity contribution is 5.87. The summed E-state index contributed by atoms with van der Waals surface area (Å²) in [6, 6.07) is 19.2. The average Bonchev–Trinajstić information content (AvgIpc) is 3.29. The summed E-state index contributed by atoms with van der Waals surface area (Å²) in [6.45, 7) is 3.50. The van der Waals surface area contributed by atoms with Crippen LogP contribution in [0, 0.1) is 0 Å². The molecule has 4 heteroatoms. The minimum atomic E-state index is -0.0142. The van der Waals surface area contributed by atoms with Gasteiger partial charge in [0.1, 0.15) is 0 Å². The summed E-state index contributed by atoms with van der Waals surface area (Å²) in [5.41, 5.74) is 2.46. The van der Waals surface area contributed by atoms with Gasteiger partial charge in [0.05, 0.1) is 18.6 Å². The molecule has 0 unspecified atom stereocenters. The van der Waals surface area contributed by atoms with Gasteiger partial charge >= 0.3 is 0 Å². The van der Waals surface area contributed by atoms with E-state index in [9.17, 15) is 4.79 Å². The van der Waals surface area contributed by atoms with Crippen LogP contribution in [0.4, 0.5) is 0 Å². The minimum absolute atomic E-state index is 0.0142. The number of aromatic nitrogens is 1. The van der Waals surface area contributed by atoms with Crippen molar-refractivity contribution < 1.29 is 4.79 Å². The molecule has 1 amide bonds. The van der Waals surface area contributed by atoms with Gasteiger partial charge < -0.3 is 9.88 Å². The maximum atomic E-state index is 12.8. The lowest BCUT2D eigenvalue weighted by molar-refractivity contribution is -0.123. The number of likely N-dealkylation sites (tertiary alicyclic amines) is 1. The fraction of sp³-hybridized carbons (Fsp3) is 0.348. The number of amides is 1. The van der Waals surface area contributed by atoms with Crippen LogP contribution in [-0.2, 0) is 11.8 Å². The Labute approximate surface area is 160 Å². The van der Waals surface area contributed by atoms with E-state index >= 15 is 0 Å². The molecule has 2 atom stereocenters. The first kappa shape index (κ1) is 17.8. The summed E-state index contributed by atoms with van der Waals surface area (Å²) in [5.74, 6) is 0.0940. The van der Waals surface area contributed by atoms with Gasteiger partial charge in [-0.15, -0.1) is 0 Å². The number of carbonyl (C=O) groups is 1. The highest BCUT2D eigenvalue weighted by Gasteiger charge is 2.29. The lowest BCUT2D eigenvalue weighted by atomic mass is 10.00. The van der Waals surface area contributed by atoms with Crippen molar-refractivity contribution in [3.8, 4) is 0 Å². The second kappa shape index (κ2) is 7.57. The summed E-state index contributed by atoms with van der Waals surface area (Å²) in [4.78, 5) is 15.1. The zero-order valence-electron chi connectivity index (χ0n) is 16.1. The molecule has 0 bridgehead atoms. The Morgan fingerprint density at radius 1 is 1.15 bits per heavy atom. The Morgan fingerprint density at radius 3 is 2.78 bits per heavy atom. The number of hydrogen-bond donors (Lipinski definition) is 1. The number of carbonyl (C=O) groups excluding carboxylic acids is 1. The molecule has 1 aromatic heterocycles. The van der Waals surface area contributed by atoms with Crippen LogP contribution in [0.15, 0.2) is 60.8 Å². The highest BCUT2D eigenvalue weighted by Crippen LogP contribution is 2.31. The Morgan fingerprint density at radius 2 is 1.96 bits per heavy atom. The molecular formula is C23H27N3O. The van der Waals surface area contributed by atoms with Crippen LogP contribution < -0.4 is 5.32 Å². The number of rotatable bonds is 5. The number of fused-ring (bicyclic) bond motifs is 1. The third-order valence-corrected chi connectivity index (χ3v) is 5.70. The van der Waals surface area contributed by atoms with Crippen molar-refractivity contribution in [2.75, 3.05) is 13.1 Å². The van der Waals surface area contributed by atoms with Crippen molar-refractivity contribution in [3.63, 3.8) is 0 Å². The molecule has 1 aliphatic heterocycles. The van der Waals surface area contributed by atoms with Crippen LogP contribution in [0.2, 0.25) is 0 Å². The molecule has 1 aliphatic rings. The van der Waals surface area contributed by atoms with Crippen LogP contribution in [-0.4, -0.2) is 28.5 Å². The molecule has 2 heterocycles. The van der Waals surface area contributed by atoms with E-state index < -0.39 is 0 Å². The van der Waals surface area contributed by atoms with Gasteiger partial charge in [0, 0.05) is 18.9 Å². The second-order valence-corrected chi connectivity index (χ2v) is 7.53. The van der Waals surface area contributed by atoms with Gasteiger partial charge in [-0.05, 0) is 54.8 Å². The van der Waals surface area contributed by atoms with Gasteiger partial charge in [0.2, 0.25) is 5.91 Å². The number of nitrogens with zero attached hydrogens (tertiary/aromatic N) is 2. The number of nitrogens with one attached hydrogen (secondary N) is 1. The number of hydrogen-bond acceptors (Lipinski definition) is 2. The fourth-order valence-electron chi connectivity index (χ4n) is 4.35. The van der Waals surface area contributed by atoms with Crippen molar-refractivity contribution >= 4 is 16.7 Å². The lowest BCUT2D eigenvalue weighted by Crippen LogP contribution is -2.38. The van der Waals surface area contributed by atoms with Crippen molar-refractivity contribution in [1.82, 2.24) is 14.8 Å². The molecule has 27 heavy (non-hydrogen) atoms. The largest absolute Gasteiger partial charge is 0.353 e. The predicted molar refractivity (Wildman–Crippen MR) is 109 cm³/mol. The van der Waals surface area contributed by atoms with Crippen LogP contribution >= 0.6 is 0 Å². The maximum Gasteiger partial charge on any atom is 0.234 e. The van der Waals surface area contributed by atoms with E-state index in [0.717, 1.165) is 19.4 Å². The molecule has 4 rings (SSSR count). The van der Waals surface area contributed by atoms with Crippen molar-refractivity contribution in [2.24, 2.45) is 7.05 Å². The van der Waals surface area contributed by atoms with Crippen LogP contribution in [0.25, 0.3) is 10.8 Å². The van der Waals surface area contributed by atoms with E-state index in [4.69, 9.17) is 0 Å². The highest BCUT2D eigenvalue weighted by atomic mass is 16.2. The first-order valence-corrected chi connectivity index (χ1v) is 9.76. The lowest BCUT2D eigenvalue weighted by Gasteiger charge is -2.25. The first-order chi connectivity index (χ1) is 13.1. The van der Waals surface area contributed by atoms with Crippen LogP contribution in [0.1, 0.15) is 43.1 Å². The zero-order valence-corrected chi connectivity index (χ0v) is 16.1. The minimum Gasteiger partial charge on any atom is -0.353 e. The molecular weight excluding hydrogens is 334 g/mol. The zero-order chi connectivity index (χ0) is 18.8. The Balaban J connectivity index is 1.45. The van der Waals surface area contributed by atoms with E-state index in [-0.39, 0.29) is 11.9 Å². The normalized spacial score (nSPS) is 18.7. The molecule has 1 saturated heterocycles. The topological polar surface area (TPSA) is 37.3 Å². The molecule has 0 radical (unpaired) electrons. The van der Waals surface area contributed by atoms with Crippen molar-refractivity contribution in [3.05, 3.63) is 72.1 Å². The standard InChI is InChI=1S/C23H27N3O/c1-17(19-11-5-9-18-8-3-4-10-20(18)19)24-23(27)16-26-15-7-13-22(26)21-12-6-14-25(21)2/h3-6,8-12,14,17,22H,7,13,15-16H2,1-2H3,(H,24,27)/t17-,22+/m1/s1. The first-order valence-electron chi connectivity index (χ1n) is 9.76. The quantitative estimate of drug-likeness (QED) is 0.740. The van der Waals surface area contributed by atoms with E-state index in [2.05, 4.69) is 83.5 Å². The summed E-state index contributed by atoms with van der Waals surface area (Å²) < 4.78 is 2.17. The van der Waals surface area contributed by atoms with Gasteiger partial charge in [0.25, 0.3) is 0 Å². The molecule has 3 aromatic rings. The molecule has 0 aliphatic carbocycles. The summed E-state index contributed by atoms with van der Waals surface area (Å²) in [5, 5.41) is 5.62. The smallest absolute Gasteiger partial charge is 0.234 e. The Kier molecular flexibility index (Phi) is 4.99. The molecule has 4 nitrogen and oxygen atoms in total. The van der Waals surface area contributed by atoms with Gasteiger partial charge in [0.15, 0.2) is 0 Å². The van der Waals surface area contributed by atoms with Crippen molar-refractivity contribution in [1.29, 1.82) is 0 Å². The molecule has 140 valence electrons. The molecule has 1 N–H and O–H groups in total. The van der Waals surface area contributed by atoms with E-state index in [1.165, 1.54) is 22.0 Å². The van der Waals surface area contributed by atoms with E-state index in [1.807, 2.05) is 6.07 Å². The third-order valence-electron chi connectivity index (χ3n) is 5.70. The maximum absolute atomic E-state index is 12.8. The monoisotopic (exact) mass is 361 g/mol. The van der Waals surface area contributed by atoms with Gasteiger partial charge in [-0.1, -0.05) is 42.5 Å². The average molecular weight is 361 g/mol. The number of aryl methyl sites for hydroxylation is 1.